The number of carbonyl (C=O) groups excluding carboxylic acids is 1. The topological polar surface area (TPSA) is 36.4 Å². The van der Waals surface area contributed by atoms with Crippen LogP contribution in [-0.4, -0.2) is 42.0 Å². The van der Waals surface area contributed by atoms with Crippen LogP contribution in [0.25, 0.3) is 0 Å². The smallest absolute Gasteiger partial charge is 0.264 e. The van der Waals surface area contributed by atoms with Crippen LogP contribution in [0.3, 0.4) is 0 Å². The number of hydrogen-bond donors (Lipinski definition) is 0. The Kier molecular flexibility index (Phi) is 4.04. The Morgan fingerprint density at radius 2 is 2.12 bits per heavy atom. The van der Waals surface area contributed by atoms with Crippen LogP contribution in [0, 0.1) is 12.3 Å². The van der Waals surface area contributed by atoms with Crippen molar-refractivity contribution < 1.29 is 4.79 Å². The van der Waals surface area contributed by atoms with E-state index in [1.165, 1.54) is 12.8 Å². The predicted molar refractivity (Wildman–Crippen MR) is 97.7 cm³/mol. The molecule has 2 saturated heterocycles. The minimum Gasteiger partial charge on any atom is -0.356 e. The molecule has 1 atom stereocenters. The number of hydrogen-bond acceptors (Lipinski definition) is 4. The number of amides is 1. The van der Waals surface area contributed by atoms with Crippen molar-refractivity contribution in [1.29, 1.82) is 0 Å². The van der Waals surface area contributed by atoms with Crippen molar-refractivity contribution in [2.45, 2.75) is 26.2 Å². The molecule has 2 aromatic heterocycles. The number of likely N-dealkylation sites (tertiary alicyclic amines) is 1. The second-order valence-electron chi connectivity index (χ2n) is 7.12. The maximum Gasteiger partial charge on any atom is 0.264 e. The molecule has 0 saturated carbocycles. The Morgan fingerprint density at radius 3 is 2.88 bits per heavy atom. The summed E-state index contributed by atoms with van der Waals surface area (Å²) in [6.45, 7) is 5.87. The molecule has 126 valence electrons. The molecule has 2 aliphatic heterocycles. The van der Waals surface area contributed by atoms with Crippen molar-refractivity contribution in [2.24, 2.45) is 5.41 Å². The Balaban J connectivity index is 1.49. The van der Waals surface area contributed by atoms with Crippen molar-refractivity contribution in [3.8, 4) is 0 Å². The van der Waals surface area contributed by atoms with Gasteiger partial charge < -0.3 is 9.80 Å². The molecular weight excluding hydrogens is 318 g/mol. The molecule has 4 nitrogen and oxygen atoms in total. The molecule has 2 aliphatic rings. The lowest BCUT2D eigenvalue weighted by Crippen LogP contribution is -2.45. The SMILES string of the molecule is Cc1ccsc1C(=O)N1CCC2(CCCN(c3ccccn3)C2)C1. The van der Waals surface area contributed by atoms with Gasteiger partial charge in [-0.3, -0.25) is 4.79 Å². The maximum atomic E-state index is 12.8. The van der Waals surface area contributed by atoms with E-state index in [4.69, 9.17) is 0 Å². The summed E-state index contributed by atoms with van der Waals surface area (Å²) in [4.78, 5) is 22.7. The number of aromatic nitrogens is 1. The van der Waals surface area contributed by atoms with Gasteiger partial charge >= 0.3 is 0 Å². The van der Waals surface area contributed by atoms with Crippen LogP contribution in [-0.2, 0) is 0 Å². The van der Waals surface area contributed by atoms with E-state index in [1.807, 2.05) is 36.7 Å². The largest absolute Gasteiger partial charge is 0.356 e. The summed E-state index contributed by atoms with van der Waals surface area (Å²) in [5.74, 6) is 1.28. The Hall–Kier alpha value is -1.88. The van der Waals surface area contributed by atoms with Gasteiger partial charge in [0.2, 0.25) is 0 Å². The average molecular weight is 341 g/mol. The second kappa shape index (κ2) is 6.20. The van der Waals surface area contributed by atoms with E-state index in [-0.39, 0.29) is 11.3 Å². The third kappa shape index (κ3) is 2.81. The van der Waals surface area contributed by atoms with E-state index in [0.29, 0.717) is 0 Å². The van der Waals surface area contributed by atoms with Gasteiger partial charge in [-0.2, -0.15) is 0 Å². The monoisotopic (exact) mass is 341 g/mol. The minimum absolute atomic E-state index is 0.217. The van der Waals surface area contributed by atoms with Crippen molar-refractivity contribution >= 4 is 23.1 Å². The minimum atomic E-state index is 0.217. The van der Waals surface area contributed by atoms with Gasteiger partial charge in [0.25, 0.3) is 5.91 Å². The van der Waals surface area contributed by atoms with Crippen molar-refractivity contribution in [2.75, 3.05) is 31.1 Å². The van der Waals surface area contributed by atoms with Crippen LogP contribution in [0.4, 0.5) is 5.82 Å². The van der Waals surface area contributed by atoms with Crippen LogP contribution in [0.15, 0.2) is 35.8 Å². The van der Waals surface area contributed by atoms with Crippen LogP contribution >= 0.6 is 11.3 Å². The lowest BCUT2D eigenvalue weighted by atomic mass is 9.79. The fourth-order valence-electron chi connectivity index (χ4n) is 4.12. The van der Waals surface area contributed by atoms with Gasteiger partial charge in [-0.25, -0.2) is 4.98 Å². The standard InChI is InChI=1S/C19H23N3OS/c1-15-6-12-24-17(15)18(23)22-11-8-19(14-22)7-4-10-21(13-19)16-5-2-3-9-20-16/h2-3,5-6,9,12H,4,7-8,10-11,13-14H2,1H3. The first-order valence-corrected chi connectivity index (χ1v) is 9.54. The van der Waals surface area contributed by atoms with E-state index >= 15 is 0 Å². The molecule has 1 unspecified atom stereocenters. The molecule has 2 fully saturated rings. The molecule has 4 heterocycles. The summed E-state index contributed by atoms with van der Waals surface area (Å²) < 4.78 is 0. The number of piperidine rings is 1. The summed E-state index contributed by atoms with van der Waals surface area (Å²) in [7, 11) is 0. The molecular formula is C19H23N3OS. The molecule has 1 spiro atoms. The Bertz CT molecular complexity index is 729. The van der Waals surface area contributed by atoms with E-state index in [1.54, 1.807) is 11.3 Å². The van der Waals surface area contributed by atoms with Crippen molar-refractivity contribution in [3.63, 3.8) is 0 Å². The number of anilines is 1. The first kappa shape index (κ1) is 15.6. The fourth-order valence-corrected chi connectivity index (χ4v) is 5.01. The summed E-state index contributed by atoms with van der Waals surface area (Å²) in [6, 6.07) is 8.13. The van der Waals surface area contributed by atoms with E-state index in [0.717, 1.165) is 48.9 Å². The van der Waals surface area contributed by atoms with Gasteiger partial charge in [-0.15, -0.1) is 11.3 Å². The van der Waals surface area contributed by atoms with E-state index < -0.39 is 0 Å². The third-order valence-electron chi connectivity index (χ3n) is 5.42. The summed E-state index contributed by atoms with van der Waals surface area (Å²) in [5, 5.41) is 2.01. The summed E-state index contributed by atoms with van der Waals surface area (Å²) >= 11 is 1.57. The zero-order valence-electron chi connectivity index (χ0n) is 14.1. The molecule has 1 amide bonds. The fraction of sp³-hybridized carbons (Fsp3) is 0.474. The second-order valence-corrected chi connectivity index (χ2v) is 8.04. The van der Waals surface area contributed by atoms with Gasteiger partial charge in [0, 0.05) is 37.8 Å². The van der Waals surface area contributed by atoms with Gasteiger partial charge in [0.05, 0.1) is 4.88 Å². The first-order valence-electron chi connectivity index (χ1n) is 8.66. The third-order valence-corrected chi connectivity index (χ3v) is 6.42. The summed E-state index contributed by atoms with van der Waals surface area (Å²) in [5.41, 5.74) is 1.33. The molecule has 5 heteroatoms. The molecule has 0 radical (unpaired) electrons. The Morgan fingerprint density at radius 1 is 1.21 bits per heavy atom. The van der Waals surface area contributed by atoms with Crippen molar-refractivity contribution in [3.05, 3.63) is 46.3 Å². The first-order chi connectivity index (χ1) is 11.7. The van der Waals surface area contributed by atoms with Crippen LogP contribution < -0.4 is 4.90 Å². The highest BCUT2D eigenvalue weighted by Crippen LogP contribution is 2.40. The highest BCUT2D eigenvalue weighted by atomic mass is 32.1. The van der Waals surface area contributed by atoms with E-state index in [9.17, 15) is 4.79 Å². The molecule has 2 aromatic rings. The average Bonchev–Trinajstić information content (AvgIpc) is 3.22. The number of nitrogens with zero attached hydrogens (tertiary/aromatic N) is 3. The number of pyridine rings is 1. The van der Waals surface area contributed by atoms with Gasteiger partial charge in [-0.05, 0) is 55.3 Å². The molecule has 0 aromatic carbocycles. The van der Waals surface area contributed by atoms with Crippen LogP contribution in [0.2, 0.25) is 0 Å². The number of thiophene rings is 1. The van der Waals surface area contributed by atoms with Crippen molar-refractivity contribution in [1.82, 2.24) is 9.88 Å². The Labute approximate surface area is 147 Å². The van der Waals surface area contributed by atoms with E-state index in [2.05, 4.69) is 20.9 Å². The number of carbonyl (C=O) groups is 1. The maximum absolute atomic E-state index is 12.8. The molecule has 0 aliphatic carbocycles. The van der Waals surface area contributed by atoms with Crippen LogP contribution in [0.1, 0.15) is 34.5 Å². The summed E-state index contributed by atoms with van der Waals surface area (Å²) in [6.07, 6.45) is 5.35. The zero-order valence-corrected chi connectivity index (χ0v) is 14.9. The molecule has 0 bridgehead atoms. The normalized spacial score (nSPS) is 23.9. The highest BCUT2D eigenvalue weighted by Gasteiger charge is 2.43. The van der Waals surface area contributed by atoms with Gasteiger partial charge in [-0.1, -0.05) is 6.07 Å². The van der Waals surface area contributed by atoms with Gasteiger partial charge in [0.15, 0.2) is 0 Å². The predicted octanol–water partition coefficient (Wildman–Crippen LogP) is 3.58. The molecule has 0 N–H and O–H groups in total. The zero-order chi connectivity index (χ0) is 16.6. The van der Waals surface area contributed by atoms with Gasteiger partial charge in [0.1, 0.15) is 5.82 Å². The molecule has 24 heavy (non-hydrogen) atoms. The highest BCUT2D eigenvalue weighted by molar-refractivity contribution is 7.12. The number of aryl methyl sites for hydroxylation is 1. The molecule has 4 rings (SSSR count). The quantitative estimate of drug-likeness (QED) is 0.838. The number of rotatable bonds is 2. The lowest BCUT2D eigenvalue weighted by Gasteiger charge is -2.41. The lowest BCUT2D eigenvalue weighted by molar-refractivity contribution is 0.0771. The van der Waals surface area contributed by atoms with Crippen LogP contribution in [0.5, 0.6) is 0 Å².